The second kappa shape index (κ2) is 6.89. The fourth-order valence-electron chi connectivity index (χ4n) is 0.953. The summed E-state index contributed by atoms with van der Waals surface area (Å²) in [5.74, 6) is -0.238. The lowest BCUT2D eigenvalue weighted by molar-refractivity contribution is -0.139. The maximum absolute atomic E-state index is 11.8. The first-order chi connectivity index (χ1) is 7.62. The SMILES string of the molecule is COC(=O)C(I)CNCCS(=O)(=O)C(C)(C)C. The third kappa shape index (κ3) is 6.01. The van der Waals surface area contributed by atoms with Gasteiger partial charge in [0, 0.05) is 13.1 Å². The molecule has 0 aromatic carbocycles. The van der Waals surface area contributed by atoms with Gasteiger partial charge in [-0.15, -0.1) is 0 Å². The molecular formula is C10H20INO4S. The van der Waals surface area contributed by atoms with E-state index in [1.807, 2.05) is 22.6 Å². The predicted molar refractivity (Wildman–Crippen MR) is 76.2 cm³/mol. The third-order valence-electron chi connectivity index (χ3n) is 2.26. The summed E-state index contributed by atoms with van der Waals surface area (Å²) in [7, 11) is -1.77. The molecule has 0 aromatic rings. The van der Waals surface area contributed by atoms with E-state index in [0.717, 1.165) is 0 Å². The van der Waals surface area contributed by atoms with E-state index >= 15 is 0 Å². The number of ether oxygens (including phenoxy) is 1. The van der Waals surface area contributed by atoms with Gasteiger partial charge in [0.1, 0.15) is 3.92 Å². The molecule has 0 aliphatic carbocycles. The van der Waals surface area contributed by atoms with Crippen molar-refractivity contribution in [2.75, 3.05) is 26.0 Å². The number of rotatable bonds is 6. The van der Waals surface area contributed by atoms with E-state index in [1.165, 1.54) is 7.11 Å². The summed E-state index contributed by atoms with van der Waals surface area (Å²) in [6.07, 6.45) is 0. The highest BCUT2D eigenvalue weighted by Crippen LogP contribution is 2.15. The highest BCUT2D eigenvalue weighted by atomic mass is 127. The summed E-state index contributed by atoms with van der Waals surface area (Å²) < 4.78 is 27.0. The molecule has 1 N–H and O–H groups in total. The fraction of sp³-hybridized carbons (Fsp3) is 0.900. The third-order valence-corrected chi connectivity index (χ3v) is 5.82. The number of halogens is 1. The van der Waals surface area contributed by atoms with Gasteiger partial charge >= 0.3 is 5.97 Å². The van der Waals surface area contributed by atoms with Gasteiger partial charge in [0.05, 0.1) is 17.6 Å². The van der Waals surface area contributed by atoms with Gasteiger partial charge < -0.3 is 10.1 Å². The molecule has 0 saturated heterocycles. The van der Waals surface area contributed by atoms with E-state index in [9.17, 15) is 13.2 Å². The Hall–Kier alpha value is 0.110. The van der Waals surface area contributed by atoms with E-state index in [0.29, 0.717) is 13.1 Å². The van der Waals surface area contributed by atoms with Gasteiger partial charge in [-0.3, -0.25) is 4.79 Å². The first kappa shape index (κ1) is 17.1. The van der Waals surface area contributed by atoms with Crippen LogP contribution in [-0.4, -0.2) is 49.0 Å². The van der Waals surface area contributed by atoms with Gasteiger partial charge in [-0.05, 0) is 20.8 Å². The Morgan fingerprint density at radius 2 is 1.94 bits per heavy atom. The van der Waals surface area contributed by atoms with Gasteiger partial charge in [0.25, 0.3) is 0 Å². The number of sulfone groups is 1. The fourth-order valence-corrected chi connectivity index (χ4v) is 2.54. The van der Waals surface area contributed by atoms with Gasteiger partial charge in [-0.25, -0.2) is 8.42 Å². The topological polar surface area (TPSA) is 72.5 Å². The van der Waals surface area contributed by atoms with Gasteiger partial charge in [0.15, 0.2) is 9.84 Å². The van der Waals surface area contributed by atoms with Crippen LogP contribution in [-0.2, 0) is 19.4 Å². The molecule has 5 nitrogen and oxygen atoms in total. The summed E-state index contributed by atoms with van der Waals surface area (Å²) in [5, 5.41) is 2.94. The van der Waals surface area contributed by atoms with Crippen LogP contribution in [0.3, 0.4) is 0 Å². The largest absolute Gasteiger partial charge is 0.468 e. The van der Waals surface area contributed by atoms with Crippen molar-refractivity contribution in [3.8, 4) is 0 Å². The second-order valence-electron chi connectivity index (χ2n) is 4.63. The number of nitrogens with one attached hydrogen (secondary N) is 1. The van der Waals surface area contributed by atoms with Crippen molar-refractivity contribution in [1.29, 1.82) is 0 Å². The first-order valence-corrected chi connectivity index (χ1v) is 8.16. The second-order valence-corrected chi connectivity index (χ2v) is 8.99. The van der Waals surface area contributed by atoms with Crippen molar-refractivity contribution in [1.82, 2.24) is 5.32 Å². The minimum atomic E-state index is -3.10. The highest BCUT2D eigenvalue weighted by molar-refractivity contribution is 14.1. The van der Waals surface area contributed by atoms with E-state index in [-0.39, 0.29) is 15.6 Å². The Kier molecular flexibility index (Phi) is 6.93. The number of alkyl halides is 1. The minimum Gasteiger partial charge on any atom is -0.468 e. The first-order valence-electron chi connectivity index (χ1n) is 5.26. The van der Waals surface area contributed by atoms with Crippen LogP contribution in [0.2, 0.25) is 0 Å². The normalized spacial score (nSPS) is 14.4. The van der Waals surface area contributed by atoms with E-state index in [4.69, 9.17) is 0 Å². The molecule has 0 rings (SSSR count). The molecule has 0 saturated carbocycles. The molecule has 102 valence electrons. The Labute approximate surface area is 117 Å². The zero-order valence-corrected chi connectivity index (χ0v) is 13.6. The van der Waals surface area contributed by atoms with Gasteiger partial charge in [-0.1, -0.05) is 22.6 Å². The van der Waals surface area contributed by atoms with E-state index < -0.39 is 14.6 Å². The van der Waals surface area contributed by atoms with Gasteiger partial charge in [-0.2, -0.15) is 0 Å². The van der Waals surface area contributed by atoms with Crippen LogP contribution in [0.5, 0.6) is 0 Å². The predicted octanol–water partition coefficient (Wildman–Crippen LogP) is 0.766. The lowest BCUT2D eigenvalue weighted by Gasteiger charge is -2.19. The van der Waals surface area contributed by atoms with Crippen LogP contribution in [0, 0.1) is 0 Å². The van der Waals surface area contributed by atoms with E-state index in [1.54, 1.807) is 20.8 Å². The minimum absolute atomic E-state index is 0.0705. The van der Waals surface area contributed by atoms with Crippen LogP contribution in [0.15, 0.2) is 0 Å². The number of hydrogen-bond donors (Lipinski definition) is 1. The zero-order valence-electron chi connectivity index (χ0n) is 10.6. The molecule has 0 aliphatic heterocycles. The molecule has 0 heterocycles. The molecule has 17 heavy (non-hydrogen) atoms. The lowest BCUT2D eigenvalue weighted by Crippen LogP contribution is -2.37. The van der Waals surface area contributed by atoms with Gasteiger partial charge in [0.2, 0.25) is 0 Å². The van der Waals surface area contributed by atoms with Crippen LogP contribution in [0.25, 0.3) is 0 Å². The average molecular weight is 377 g/mol. The number of hydrogen-bond acceptors (Lipinski definition) is 5. The van der Waals surface area contributed by atoms with Crippen molar-refractivity contribution in [2.24, 2.45) is 0 Å². The molecule has 1 atom stereocenters. The van der Waals surface area contributed by atoms with Crippen LogP contribution in [0.1, 0.15) is 20.8 Å². The summed E-state index contributed by atoms with van der Waals surface area (Å²) in [6, 6.07) is 0. The molecular weight excluding hydrogens is 357 g/mol. The Balaban J connectivity index is 3.99. The maximum atomic E-state index is 11.8. The lowest BCUT2D eigenvalue weighted by atomic mass is 10.3. The number of methoxy groups -OCH3 is 1. The average Bonchev–Trinajstić information content (AvgIpc) is 2.21. The molecule has 0 aliphatic rings. The number of esters is 1. The zero-order chi connectivity index (χ0) is 13.7. The van der Waals surface area contributed by atoms with Crippen LogP contribution >= 0.6 is 22.6 Å². The Morgan fingerprint density at radius 3 is 2.35 bits per heavy atom. The molecule has 0 radical (unpaired) electrons. The molecule has 7 heteroatoms. The molecule has 0 spiro atoms. The quantitative estimate of drug-likeness (QED) is 0.320. The van der Waals surface area contributed by atoms with Crippen molar-refractivity contribution in [3.63, 3.8) is 0 Å². The summed E-state index contributed by atoms with van der Waals surface area (Å²) in [5.41, 5.74) is 0. The standard InChI is InChI=1S/C10H20INO4S/c1-10(2,3)17(14,15)6-5-12-7-8(11)9(13)16-4/h8,12H,5-7H2,1-4H3. The highest BCUT2D eigenvalue weighted by Gasteiger charge is 2.28. The van der Waals surface area contributed by atoms with Crippen LogP contribution < -0.4 is 5.32 Å². The molecule has 1 unspecified atom stereocenters. The van der Waals surface area contributed by atoms with Crippen molar-refractivity contribution in [3.05, 3.63) is 0 Å². The Morgan fingerprint density at radius 1 is 1.41 bits per heavy atom. The number of carbonyl (C=O) groups excluding carboxylic acids is 1. The summed E-state index contributed by atoms with van der Waals surface area (Å²) >= 11 is 1.96. The van der Waals surface area contributed by atoms with E-state index in [2.05, 4.69) is 10.1 Å². The monoisotopic (exact) mass is 377 g/mol. The van der Waals surface area contributed by atoms with Crippen LogP contribution in [0.4, 0.5) is 0 Å². The summed E-state index contributed by atoms with van der Waals surface area (Å²) in [6.45, 7) is 5.79. The van der Waals surface area contributed by atoms with Crippen molar-refractivity contribution < 1.29 is 17.9 Å². The number of carbonyl (C=O) groups is 1. The molecule has 0 amide bonds. The van der Waals surface area contributed by atoms with Crippen molar-refractivity contribution in [2.45, 2.75) is 29.4 Å². The smallest absolute Gasteiger partial charge is 0.319 e. The Bertz CT molecular complexity index is 348. The molecule has 0 aromatic heterocycles. The maximum Gasteiger partial charge on any atom is 0.319 e. The molecule has 0 bridgehead atoms. The molecule has 0 fully saturated rings. The van der Waals surface area contributed by atoms with Crippen molar-refractivity contribution >= 4 is 38.4 Å². The summed E-state index contributed by atoms with van der Waals surface area (Å²) in [4.78, 5) is 11.1.